The van der Waals surface area contributed by atoms with Crippen molar-refractivity contribution in [3.63, 3.8) is 0 Å². The average molecular weight is 322 g/mol. The molecule has 1 saturated carbocycles. The van der Waals surface area contributed by atoms with E-state index in [1.54, 1.807) is 15.4 Å². The van der Waals surface area contributed by atoms with Crippen LogP contribution < -0.4 is 5.32 Å². The summed E-state index contributed by atoms with van der Waals surface area (Å²) in [6.45, 7) is 2.26. The van der Waals surface area contributed by atoms with E-state index in [9.17, 15) is 0 Å². The number of thioether (sulfide) groups is 1. The Morgan fingerprint density at radius 2 is 1.95 bits per heavy atom. The second-order valence-corrected chi connectivity index (χ2v) is 9.00. The van der Waals surface area contributed by atoms with Gasteiger partial charge in [-0.25, -0.2) is 4.99 Å². The number of rotatable bonds is 1. The minimum absolute atomic E-state index is 0.149. The summed E-state index contributed by atoms with van der Waals surface area (Å²) in [6.07, 6.45) is 12.0. The van der Waals surface area contributed by atoms with Gasteiger partial charge in [0.2, 0.25) is 0 Å². The molecule has 21 heavy (non-hydrogen) atoms. The molecule has 0 bridgehead atoms. The molecule has 4 heteroatoms. The van der Waals surface area contributed by atoms with E-state index in [4.69, 9.17) is 4.99 Å². The van der Waals surface area contributed by atoms with Crippen LogP contribution >= 0.6 is 23.1 Å². The summed E-state index contributed by atoms with van der Waals surface area (Å²) in [6, 6.07) is 0. The van der Waals surface area contributed by atoms with E-state index in [-0.39, 0.29) is 5.66 Å². The highest BCUT2D eigenvalue weighted by molar-refractivity contribution is 8.14. The Bertz CT molecular complexity index is 568. The van der Waals surface area contributed by atoms with Crippen LogP contribution in [-0.2, 0) is 12.8 Å². The molecule has 0 saturated heterocycles. The van der Waals surface area contributed by atoms with E-state index < -0.39 is 0 Å². The van der Waals surface area contributed by atoms with Crippen LogP contribution in [0.25, 0.3) is 0 Å². The smallest absolute Gasteiger partial charge is 0.197 e. The van der Waals surface area contributed by atoms with E-state index in [1.807, 2.05) is 11.8 Å². The zero-order valence-electron chi connectivity index (χ0n) is 12.9. The van der Waals surface area contributed by atoms with Crippen molar-refractivity contribution in [2.24, 2.45) is 4.99 Å². The summed E-state index contributed by atoms with van der Waals surface area (Å²) in [7, 11) is 0. The predicted octanol–water partition coefficient (Wildman–Crippen LogP) is 4.00. The summed E-state index contributed by atoms with van der Waals surface area (Å²) in [5.74, 6) is 1.14. The lowest BCUT2D eigenvalue weighted by Gasteiger charge is -2.34. The minimum atomic E-state index is 0.149. The maximum Gasteiger partial charge on any atom is 0.197 e. The van der Waals surface area contributed by atoms with Crippen LogP contribution in [0.5, 0.6) is 0 Å². The van der Waals surface area contributed by atoms with Gasteiger partial charge in [-0.3, -0.25) is 5.32 Å². The first-order chi connectivity index (χ1) is 10.3. The van der Waals surface area contributed by atoms with Gasteiger partial charge in [-0.2, -0.15) is 0 Å². The molecule has 0 aromatic carbocycles. The summed E-state index contributed by atoms with van der Waals surface area (Å²) < 4.78 is 0. The Kier molecular flexibility index (Phi) is 3.88. The van der Waals surface area contributed by atoms with Gasteiger partial charge in [0.25, 0.3) is 0 Å². The molecular formula is C17H25N2S2+. The van der Waals surface area contributed by atoms with Crippen molar-refractivity contribution in [1.29, 1.82) is 0 Å². The van der Waals surface area contributed by atoms with Crippen molar-refractivity contribution in [2.75, 3.05) is 5.75 Å². The van der Waals surface area contributed by atoms with E-state index in [1.165, 1.54) is 68.4 Å². The number of thiophene rings is 1. The number of fused-ring (bicyclic) bond motifs is 3. The maximum absolute atomic E-state index is 5.31. The molecule has 1 aromatic rings. The molecule has 0 amide bonds. The van der Waals surface area contributed by atoms with E-state index in [0.717, 1.165) is 5.75 Å². The number of hydrogen-bond donors (Lipinski definition) is 1. The van der Waals surface area contributed by atoms with Crippen molar-refractivity contribution in [3.05, 3.63) is 16.0 Å². The largest absolute Gasteiger partial charge is 0.281 e. The second-order valence-electron chi connectivity index (χ2n) is 6.61. The molecule has 1 aromatic heterocycles. The highest BCUT2D eigenvalue weighted by Crippen LogP contribution is 2.42. The lowest BCUT2D eigenvalue weighted by Crippen LogP contribution is -2.93. The Labute approximate surface area is 135 Å². The van der Waals surface area contributed by atoms with E-state index in [2.05, 4.69) is 23.6 Å². The van der Waals surface area contributed by atoms with Gasteiger partial charge in [-0.05, 0) is 49.8 Å². The zero-order chi connectivity index (χ0) is 14.3. The Morgan fingerprint density at radius 3 is 2.76 bits per heavy atom. The normalized spacial score (nSPS) is 23.6. The van der Waals surface area contributed by atoms with E-state index >= 15 is 0 Å². The average Bonchev–Trinajstić information content (AvgIpc) is 2.86. The molecule has 4 rings (SSSR count). The maximum atomic E-state index is 5.31. The number of hydrogen-bond acceptors (Lipinski definition) is 3. The molecular weight excluding hydrogens is 296 g/mol. The fourth-order valence-corrected chi connectivity index (χ4v) is 6.52. The van der Waals surface area contributed by atoms with Gasteiger partial charge in [0.15, 0.2) is 10.7 Å². The van der Waals surface area contributed by atoms with E-state index in [0.29, 0.717) is 0 Å². The molecule has 2 aliphatic carbocycles. The van der Waals surface area contributed by atoms with Crippen molar-refractivity contribution < 1.29 is 5.32 Å². The van der Waals surface area contributed by atoms with Crippen LogP contribution in [0.2, 0.25) is 0 Å². The SMILES string of the molecule is CCSC1=NC2(CCCCC2)[NH2+]c2sc3c(c21)CCCC3. The number of nitrogens with zero attached hydrogens (tertiary/aromatic N) is 1. The lowest BCUT2D eigenvalue weighted by molar-refractivity contribution is -0.655. The first-order valence-corrected chi connectivity index (χ1v) is 10.3. The summed E-state index contributed by atoms with van der Waals surface area (Å²) in [5.41, 5.74) is 3.34. The van der Waals surface area contributed by atoms with Gasteiger partial charge in [-0.15, -0.1) is 11.8 Å². The zero-order valence-corrected chi connectivity index (χ0v) is 14.5. The van der Waals surface area contributed by atoms with Crippen LogP contribution in [0.1, 0.15) is 67.9 Å². The minimum Gasteiger partial charge on any atom is -0.281 e. The summed E-state index contributed by atoms with van der Waals surface area (Å²) in [4.78, 5) is 6.98. The molecule has 2 N–H and O–H groups in total. The van der Waals surface area contributed by atoms with Gasteiger partial charge in [0.1, 0.15) is 5.04 Å². The Hall–Kier alpha value is -0.320. The number of nitrogens with two attached hydrogens (primary N) is 1. The first-order valence-electron chi connectivity index (χ1n) is 8.55. The molecule has 1 spiro atoms. The molecule has 0 atom stereocenters. The third kappa shape index (κ3) is 2.49. The predicted molar refractivity (Wildman–Crippen MR) is 93.0 cm³/mol. The molecule has 1 aliphatic heterocycles. The highest BCUT2D eigenvalue weighted by Gasteiger charge is 2.42. The van der Waals surface area contributed by atoms with Crippen LogP contribution in [0.3, 0.4) is 0 Å². The fourth-order valence-electron chi connectivity index (χ4n) is 4.12. The Morgan fingerprint density at radius 1 is 1.14 bits per heavy atom. The summed E-state index contributed by atoms with van der Waals surface area (Å²) in [5, 5.41) is 5.50. The molecule has 1 fully saturated rings. The van der Waals surface area contributed by atoms with Crippen molar-refractivity contribution >= 4 is 33.1 Å². The highest BCUT2D eigenvalue weighted by atomic mass is 32.2. The lowest BCUT2D eigenvalue weighted by atomic mass is 9.88. The van der Waals surface area contributed by atoms with Crippen LogP contribution in [0, 0.1) is 0 Å². The van der Waals surface area contributed by atoms with Gasteiger partial charge >= 0.3 is 0 Å². The third-order valence-electron chi connectivity index (χ3n) is 5.14. The van der Waals surface area contributed by atoms with Crippen LogP contribution in [0.15, 0.2) is 4.99 Å². The second kappa shape index (κ2) is 5.71. The van der Waals surface area contributed by atoms with Crippen LogP contribution in [0.4, 0.5) is 5.00 Å². The number of aliphatic imine (C=N–C) groups is 1. The van der Waals surface area contributed by atoms with Crippen molar-refractivity contribution in [3.8, 4) is 0 Å². The van der Waals surface area contributed by atoms with Crippen LogP contribution in [-0.4, -0.2) is 16.5 Å². The monoisotopic (exact) mass is 321 g/mol. The van der Waals surface area contributed by atoms with Crippen molar-refractivity contribution in [2.45, 2.75) is 70.4 Å². The third-order valence-corrected chi connectivity index (χ3v) is 7.23. The molecule has 3 aliphatic rings. The van der Waals surface area contributed by atoms with Gasteiger partial charge < -0.3 is 0 Å². The summed E-state index contributed by atoms with van der Waals surface area (Å²) >= 11 is 4.06. The molecule has 2 heterocycles. The van der Waals surface area contributed by atoms with Gasteiger partial charge in [-0.1, -0.05) is 24.7 Å². The van der Waals surface area contributed by atoms with Crippen molar-refractivity contribution in [1.82, 2.24) is 0 Å². The molecule has 0 unspecified atom stereocenters. The molecule has 0 radical (unpaired) electrons. The number of aryl methyl sites for hydroxylation is 1. The first kappa shape index (κ1) is 14.3. The van der Waals surface area contributed by atoms with Gasteiger partial charge in [0, 0.05) is 17.7 Å². The quantitative estimate of drug-likeness (QED) is 0.832. The fraction of sp³-hybridized carbons (Fsp3) is 0.706. The standard InChI is InChI=1S/C17H24N2S2/c1-2-20-15-14-12-8-4-5-9-13(12)21-16(14)19-17(18-15)10-6-3-7-11-17/h19H,2-11H2,1H3/p+1. The topological polar surface area (TPSA) is 29.0 Å². The number of quaternary nitrogens is 1. The van der Waals surface area contributed by atoms with Gasteiger partial charge in [0.05, 0.1) is 5.56 Å². The molecule has 114 valence electrons. The molecule has 2 nitrogen and oxygen atoms in total. The Balaban J connectivity index is 1.78.